The maximum atomic E-state index is 12.4. The van der Waals surface area contributed by atoms with Gasteiger partial charge in [0, 0.05) is 34.7 Å². The quantitative estimate of drug-likeness (QED) is 0.605. The number of nitrogens with one attached hydrogen (secondary N) is 2. The van der Waals surface area contributed by atoms with Gasteiger partial charge < -0.3 is 10.6 Å². The standard InChI is InChI=1S/C20H17Cl2N3O/c21-16-3-1-14(2-4-16)9-10-24-19-11-15(12-23-13-19)20(26)25-18-7-5-17(22)6-8-18/h1-8,11-13,24H,9-10H2,(H,25,26). The summed E-state index contributed by atoms with van der Waals surface area (Å²) in [5.74, 6) is -0.221. The van der Waals surface area contributed by atoms with Gasteiger partial charge in [0.1, 0.15) is 0 Å². The molecule has 3 rings (SSSR count). The Labute approximate surface area is 162 Å². The van der Waals surface area contributed by atoms with E-state index in [-0.39, 0.29) is 5.91 Å². The molecule has 0 saturated carbocycles. The fourth-order valence-corrected chi connectivity index (χ4v) is 2.65. The maximum Gasteiger partial charge on any atom is 0.257 e. The first-order valence-corrected chi connectivity index (χ1v) is 8.86. The minimum absolute atomic E-state index is 0.221. The van der Waals surface area contributed by atoms with Crippen LogP contribution in [0.25, 0.3) is 0 Å². The van der Waals surface area contributed by atoms with Gasteiger partial charge in [0.25, 0.3) is 5.91 Å². The summed E-state index contributed by atoms with van der Waals surface area (Å²) in [6.07, 6.45) is 4.08. The Balaban J connectivity index is 1.57. The van der Waals surface area contributed by atoms with Crippen molar-refractivity contribution in [2.75, 3.05) is 17.2 Å². The van der Waals surface area contributed by atoms with E-state index in [1.165, 1.54) is 11.8 Å². The van der Waals surface area contributed by atoms with Crippen LogP contribution in [0.2, 0.25) is 10.0 Å². The van der Waals surface area contributed by atoms with Crippen molar-refractivity contribution in [1.82, 2.24) is 4.98 Å². The van der Waals surface area contributed by atoms with Crippen molar-refractivity contribution in [3.8, 4) is 0 Å². The Morgan fingerprint density at radius 3 is 2.23 bits per heavy atom. The highest BCUT2D eigenvalue weighted by Crippen LogP contribution is 2.16. The molecule has 0 aliphatic heterocycles. The zero-order chi connectivity index (χ0) is 18.4. The second-order valence-corrected chi connectivity index (χ2v) is 6.60. The average molecular weight is 386 g/mol. The molecule has 0 spiro atoms. The normalized spacial score (nSPS) is 10.4. The van der Waals surface area contributed by atoms with Crippen LogP contribution in [-0.2, 0) is 6.42 Å². The SMILES string of the molecule is O=C(Nc1ccc(Cl)cc1)c1cncc(NCCc2ccc(Cl)cc2)c1. The summed E-state index contributed by atoms with van der Waals surface area (Å²) in [4.78, 5) is 16.5. The lowest BCUT2D eigenvalue weighted by molar-refractivity contribution is 0.102. The van der Waals surface area contributed by atoms with Crippen molar-refractivity contribution in [1.29, 1.82) is 0 Å². The van der Waals surface area contributed by atoms with Gasteiger partial charge in [-0.25, -0.2) is 0 Å². The monoisotopic (exact) mass is 385 g/mol. The number of benzene rings is 2. The van der Waals surface area contributed by atoms with Crippen LogP contribution in [0.1, 0.15) is 15.9 Å². The first-order chi connectivity index (χ1) is 12.6. The van der Waals surface area contributed by atoms with E-state index in [0.29, 0.717) is 16.3 Å². The van der Waals surface area contributed by atoms with E-state index in [4.69, 9.17) is 23.2 Å². The van der Waals surface area contributed by atoms with Gasteiger partial charge in [0.05, 0.1) is 11.3 Å². The second kappa shape index (κ2) is 8.70. The molecule has 0 saturated heterocycles. The molecule has 3 aromatic rings. The molecule has 0 radical (unpaired) electrons. The third kappa shape index (κ3) is 5.22. The Morgan fingerprint density at radius 2 is 1.54 bits per heavy atom. The highest BCUT2D eigenvalue weighted by molar-refractivity contribution is 6.30. The Morgan fingerprint density at radius 1 is 0.885 bits per heavy atom. The summed E-state index contributed by atoms with van der Waals surface area (Å²) >= 11 is 11.7. The van der Waals surface area contributed by atoms with E-state index in [9.17, 15) is 4.79 Å². The van der Waals surface area contributed by atoms with Crippen molar-refractivity contribution in [3.63, 3.8) is 0 Å². The van der Waals surface area contributed by atoms with E-state index in [2.05, 4.69) is 15.6 Å². The fourth-order valence-electron chi connectivity index (χ4n) is 2.40. The lowest BCUT2D eigenvalue weighted by atomic mass is 10.1. The van der Waals surface area contributed by atoms with Crippen LogP contribution in [-0.4, -0.2) is 17.4 Å². The molecule has 2 aromatic carbocycles. The van der Waals surface area contributed by atoms with Gasteiger partial charge in [0.2, 0.25) is 0 Å². The van der Waals surface area contributed by atoms with E-state index < -0.39 is 0 Å². The van der Waals surface area contributed by atoms with Crippen LogP contribution in [0.5, 0.6) is 0 Å². The fraction of sp³-hybridized carbons (Fsp3) is 0.100. The minimum atomic E-state index is -0.221. The van der Waals surface area contributed by atoms with Crippen molar-refractivity contribution < 1.29 is 4.79 Å². The van der Waals surface area contributed by atoms with E-state index in [0.717, 1.165) is 23.7 Å². The summed E-state index contributed by atoms with van der Waals surface area (Å²) in [5, 5.41) is 7.45. The average Bonchev–Trinajstić information content (AvgIpc) is 2.65. The summed E-state index contributed by atoms with van der Waals surface area (Å²) < 4.78 is 0. The van der Waals surface area contributed by atoms with Gasteiger partial charge in [-0.3, -0.25) is 9.78 Å². The van der Waals surface area contributed by atoms with Crippen LogP contribution in [0.15, 0.2) is 67.0 Å². The predicted molar refractivity (Wildman–Crippen MR) is 107 cm³/mol. The molecule has 0 fully saturated rings. The number of halogens is 2. The molecule has 26 heavy (non-hydrogen) atoms. The first-order valence-electron chi connectivity index (χ1n) is 8.10. The van der Waals surface area contributed by atoms with Gasteiger partial charge in [-0.15, -0.1) is 0 Å². The highest BCUT2D eigenvalue weighted by Gasteiger charge is 2.07. The number of pyridine rings is 1. The highest BCUT2D eigenvalue weighted by atomic mass is 35.5. The Hall–Kier alpha value is -2.56. The third-order valence-electron chi connectivity index (χ3n) is 3.76. The van der Waals surface area contributed by atoms with Gasteiger partial charge in [0.15, 0.2) is 0 Å². The number of rotatable bonds is 6. The minimum Gasteiger partial charge on any atom is -0.383 e. The Kier molecular flexibility index (Phi) is 6.10. The summed E-state index contributed by atoms with van der Waals surface area (Å²) in [5.41, 5.74) is 3.14. The third-order valence-corrected chi connectivity index (χ3v) is 4.26. The molecule has 1 heterocycles. The second-order valence-electron chi connectivity index (χ2n) is 5.73. The first kappa shape index (κ1) is 18.2. The number of carbonyl (C=O) groups excluding carboxylic acids is 1. The summed E-state index contributed by atoms with van der Waals surface area (Å²) in [6.45, 7) is 0.728. The van der Waals surface area contributed by atoms with Gasteiger partial charge in [-0.05, 0) is 54.4 Å². The molecule has 2 N–H and O–H groups in total. The molecular formula is C20H17Cl2N3O. The van der Waals surface area contributed by atoms with Gasteiger partial charge in [-0.2, -0.15) is 0 Å². The topological polar surface area (TPSA) is 54.0 Å². The number of amides is 1. The number of hydrogen-bond acceptors (Lipinski definition) is 3. The van der Waals surface area contributed by atoms with Gasteiger partial charge in [-0.1, -0.05) is 35.3 Å². The van der Waals surface area contributed by atoms with Crippen molar-refractivity contribution in [2.45, 2.75) is 6.42 Å². The van der Waals surface area contributed by atoms with Crippen LogP contribution >= 0.6 is 23.2 Å². The van der Waals surface area contributed by atoms with Crippen LogP contribution < -0.4 is 10.6 Å². The molecular weight excluding hydrogens is 369 g/mol. The Bertz CT molecular complexity index is 880. The van der Waals surface area contributed by atoms with Gasteiger partial charge >= 0.3 is 0 Å². The van der Waals surface area contributed by atoms with E-state index in [1.807, 2.05) is 24.3 Å². The smallest absolute Gasteiger partial charge is 0.257 e. The maximum absolute atomic E-state index is 12.4. The molecule has 1 aromatic heterocycles. The molecule has 0 aliphatic carbocycles. The predicted octanol–water partition coefficient (Wildman–Crippen LogP) is 5.30. The van der Waals surface area contributed by atoms with Crippen molar-refractivity contribution in [2.24, 2.45) is 0 Å². The number of hydrogen-bond donors (Lipinski definition) is 2. The number of carbonyl (C=O) groups is 1. The molecule has 4 nitrogen and oxygen atoms in total. The summed E-state index contributed by atoms with van der Waals surface area (Å²) in [7, 11) is 0. The molecule has 132 valence electrons. The summed E-state index contributed by atoms with van der Waals surface area (Å²) in [6, 6.07) is 16.5. The lowest BCUT2D eigenvalue weighted by Crippen LogP contribution is -2.13. The molecule has 0 bridgehead atoms. The van der Waals surface area contributed by atoms with E-state index >= 15 is 0 Å². The zero-order valence-electron chi connectivity index (χ0n) is 13.9. The molecule has 6 heteroatoms. The lowest BCUT2D eigenvalue weighted by Gasteiger charge is -2.09. The van der Waals surface area contributed by atoms with Crippen LogP contribution in [0.3, 0.4) is 0 Å². The van der Waals surface area contributed by atoms with Crippen molar-refractivity contribution in [3.05, 3.63) is 88.2 Å². The molecule has 0 aliphatic rings. The number of aromatic nitrogens is 1. The molecule has 0 unspecified atom stereocenters. The van der Waals surface area contributed by atoms with E-state index in [1.54, 1.807) is 36.5 Å². The molecule has 0 atom stereocenters. The van der Waals surface area contributed by atoms with Crippen molar-refractivity contribution >= 4 is 40.5 Å². The zero-order valence-corrected chi connectivity index (χ0v) is 15.4. The molecule has 1 amide bonds. The largest absolute Gasteiger partial charge is 0.383 e. The number of anilines is 2. The van der Waals surface area contributed by atoms with Crippen LogP contribution in [0, 0.1) is 0 Å². The van der Waals surface area contributed by atoms with Crippen LogP contribution in [0.4, 0.5) is 11.4 Å². The number of nitrogens with zero attached hydrogens (tertiary/aromatic N) is 1.